The highest BCUT2D eigenvalue weighted by Gasteiger charge is 2.37. The smallest absolute Gasteiger partial charge is 0.266 e. The number of carboxylic acid groups (broad SMARTS) is 1. The largest absolute Gasteiger partial charge is 0.548 e. The summed E-state index contributed by atoms with van der Waals surface area (Å²) in [7, 11) is 0. The zero-order valence-corrected chi connectivity index (χ0v) is 14.0. The van der Waals surface area contributed by atoms with Crippen LogP contribution in [0.3, 0.4) is 0 Å². The van der Waals surface area contributed by atoms with Crippen molar-refractivity contribution in [2.45, 2.75) is 32.7 Å². The molecule has 0 saturated carbocycles. The van der Waals surface area contributed by atoms with Gasteiger partial charge in [0.15, 0.2) is 0 Å². The maximum atomic E-state index is 12.5. The third-order valence-electron chi connectivity index (χ3n) is 3.31. The van der Waals surface area contributed by atoms with Gasteiger partial charge in [0.05, 0.1) is 16.9 Å². The van der Waals surface area contributed by atoms with Crippen molar-refractivity contribution in [1.29, 1.82) is 0 Å². The maximum Gasteiger partial charge on any atom is 0.266 e. The van der Waals surface area contributed by atoms with E-state index in [0.29, 0.717) is 17.7 Å². The monoisotopic (exact) mass is 334 g/mol. The van der Waals surface area contributed by atoms with E-state index in [1.54, 1.807) is 6.08 Å². The van der Waals surface area contributed by atoms with Crippen molar-refractivity contribution in [1.82, 2.24) is 4.90 Å². The first-order valence-electron chi connectivity index (χ1n) is 6.98. The van der Waals surface area contributed by atoms with Crippen LogP contribution in [0.4, 0.5) is 0 Å². The molecule has 1 atom stereocenters. The van der Waals surface area contributed by atoms with E-state index in [1.807, 2.05) is 38.1 Å². The molecule has 0 unspecified atom stereocenters. The number of hydrogen-bond donors (Lipinski definition) is 0. The summed E-state index contributed by atoms with van der Waals surface area (Å²) in [5.74, 6) is -1.63. The summed E-state index contributed by atoms with van der Waals surface area (Å²) >= 11 is 6.31. The van der Waals surface area contributed by atoms with Crippen molar-refractivity contribution in [2.24, 2.45) is 0 Å². The van der Waals surface area contributed by atoms with Crippen LogP contribution in [0, 0.1) is 6.92 Å². The second-order valence-electron chi connectivity index (χ2n) is 5.09. The van der Waals surface area contributed by atoms with Gasteiger partial charge in [-0.3, -0.25) is 9.69 Å². The Morgan fingerprint density at radius 1 is 1.50 bits per heavy atom. The molecule has 0 radical (unpaired) electrons. The van der Waals surface area contributed by atoms with Crippen molar-refractivity contribution in [2.75, 3.05) is 0 Å². The molecule has 1 aromatic carbocycles. The Hall–Kier alpha value is -1.66. The molecule has 1 aliphatic heterocycles. The molecule has 2 rings (SSSR count). The first kappa shape index (κ1) is 16.7. The van der Waals surface area contributed by atoms with Crippen LogP contribution in [0.1, 0.15) is 30.9 Å². The molecule has 1 heterocycles. The summed E-state index contributed by atoms with van der Waals surface area (Å²) < 4.78 is 0.270. The molecule has 1 aromatic rings. The molecule has 1 fully saturated rings. The normalized spacial score (nSPS) is 18.1. The van der Waals surface area contributed by atoms with Crippen molar-refractivity contribution >= 4 is 46.3 Å². The van der Waals surface area contributed by atoms with Crippen LogP contribution >= 0.6 is 24.0 Å². The number of rotatable bonds is 5. The predicted molar refractivity (Wildman–Crippen MR) is 89.9 cm³/mol. The number of benzene rings is 1. The highest BCUT2D eigenvalue weighted by molar-refractivity contribution is 8.26. The number of thiocarbonyl (C=S) groups is 1. The van der Waals surface area contributed by atoms with E-state index < -0.39 is 12.0 Å². The van der Waals surface area contributed by atoms with Gasteiger partial charge in [0.1, 0.15) is 4.32 Å². The van der Waals surface area contributed by atoms with Crippen LogP contribution in [-0.4, -0.2) is 27.1 Å². The minimum atomic E-state index is -1.27. The summed E-state index contributed by atoms with van der Waals surface area (Å²) in [6, 6.07) is 6.72. The standard InChI is InChI=1S/C16H17NO3S2/c1-3-5-12(15(19)20)17-14(18)13(22-16(17)21)9-11-7-4-6-10(2)8-11/h4,6-9,12H,3,5H2,1-2H3,(H,19,20)/p-1/b13-9-/t12-/m0/s1. The minimum absolute atomic E-state index is 0.270. The predicted octanol–water partition coefficient (Wildman–Crippen LogP) is 2.11. The highest BCUT2D eigenvalue weighted by Crippen LogP contribution is 2.34. The van der Waals surface area contributed by atoms with Crippen molar-refractivity contribution in [3.05, 3.63) is 40.3 Å². The molecule has 6 heteroatoms. The molecular weight excluding hydrogens is 318 g/mol. The zero-order chi connectivity index (χ0) is 16.3. The van der Waals surface area contributed by atoms with Crippen LogP contribution in [0.2, 0.25) is 0 Å². The fraction of sp³-hybridized carbons (Fsp3) is 0.312. The Kier molecular flexibility index (Phi) is 5.37. The van der Waals surface area contributed by atoms with Crippen LogP contribution in [0.5, 0.6) is 0 Å². The van der Waals surface area contributed by atoms with E-state index >= 15 is 0 Å². The zero-order valence-electron chi connectivity index (χ0n) is 12.4. The number of carboxylic acids is 1. The van der Waals surface area contributed by atoms with Crippen molar-refractivity contribution < 1.29 is 14.7 Å². The lowest BCUT2D eigenvalue weighted by atomic mass is 10.1. The first-order valence-corrected chi connectivity index (χ1v) is 8.21. The Bertz CT molecular complexity index is 655. The fourth-order valence-electron chi connectivity index (χ4n) is 2.29. The topological polar surface area (TPSA) is 60.4 Å². The SMILES string of the molecule is CCC[C@@H](C(=O)[O-])N1C(=O)/C(=C/c2cccc(C)c2)SC1=S. The number of thioether (sulfide) groups is 1. The Morgan fingerprint density at radius 3 is 2.82 bits per heavy atom. The van der Waals surface area contributed by atoms with Gasteiger partial charge in [-0.2, -0.15) is 0 Å². The number of aliphatic carboxylic acids is 1. The first-order chi connectivity index (χ1) is 10.4. The number of hydrogen-bond acceptors (Lipinski definition) is 5. The quantitative estimate of drug-likeness (QED) is 0.610. The van der Waals surface area contributed by atoms with Gasteiger partial charge in [-0.1, -0.05) is 67.2 Å². The average molecular weight is 334 g/mol. The Morgan fingerprint density at radius 2 is 2.23 bits per heavy atom. The van der Waals surface area contributed by atoms with Gasteiger partial charge >= 0.3 is 0 Å². The number of carbonyl (C=O) groups is 2. The van der Waals surface area contributed by atoms with Gasteiger partial charge in [0, 0.05) is 0 Å². The minimum Gasteiger partial charge on any atom is -0.548 e. The molecule has 0 aromatic heterocycles. The number of nitrogens with zero attached hydrogens (tertiary/aromatic N) is 1. The second kappa shape index (κ2) is 7.07. The molecule has 1 aliphatic rings. The highest BCUT2D eigenvalue weighted by atomic mass is 32.2. The molecule has 116 valence electrons. The lowest BCUT2D eigenvalue weighted by molar-refractivity contribution is -0.310. The van der Waals surface area contributed by atoms with Gasteiger partial charge in [0.2, 0.25) is 0 Å². The lowest BCUT2D eigenvalue weighted by Crippen LogP contribution is -2.49. The van der Waals surface area contributed by atoms with Crippen LogP contribution in [0.15, 0.2) is 29.2 Å². The second-order valence-corrected chi connectivity index (χ2v) is 6.77. The maximum absolute atomic E-state index is 12.5. The lowest BCUT2D eigenvalue weighted by Gasteiger charge is -2.27. The van der Waals surface area contributed by atoms with Crippen LogP contribution < -0.4 is 5.11 Å². The van der Waals surface area contributed by atoms with E-state index in [0.717, 1.165) is 22.9 Å². The molecule has 4 nitrogen and oxygen atoms in total. The van der Waals surface area contributed by atoms with E-state index in [-0.39, 0.29) is 10.2 Å². The Balaban J connectivity index is 2.30. The third-order valence-corrected chi connectivity index (χ3v) is 4.64. The van der Waals surface area contributed by atoms with Gasteiger partial charge in [0.25, 0.3) is 5.91 Å². The van der Waals surface area contributed by atoms with Gasteiger partial charge < -0.3 is 9.90 Å². The van der Waals surface area contributed by atoms with Gasteiger partial charge in [-0.05, 0) is 25.0 Å². The van der Waals surface area contributed by atoms with E-state index in [2.05, 4.69) is 0 Å². The average Bonchev–Trinajstić information content (AvgIpc) is 2.71. The summed E-state index contributed by atoms with van der Waals surface area (Å²) in [5.41, 5.74) is 1.98. The summed E-state index contributed by atoms with van der Waals surface area (Å²) in [4.78, 5) is 25.4. The fourth-order valence-corrected chi connectivity index (χ4v) is 3.64. The van der Waals surface area contributed by atoms with E-state index in [1.165, 1.54) is 4.90 Å². The number of aryl methyl sites for hydroxylation is 1. The van der Waals surface area contributed by atoms with E-state index in [4.69, 9.17) is 12.2 Å². The summed E-state index contributed by atoms with van der Waals surface area (Å²) in [6.07, 6.45) is 2.70. The van der Waals surface area contributed by atoms with Crippen LogP contribution in [0.25, 0.3) is 6.08 Å². The van der Waals surface area contributed by atoms with Gasteiger partial charge in [-0.25, -0.2) is 0 Å². The molecular formula is C16H16NO3S2-. The molecule has 1 amide bonds. The van der Waals surface area contributed by atoms with Gasteiger partial charge in [-0.15, -0.1) is 0 Å². The molecule has 0 N–H and O–H groups in total. The van der Waals surface area contributed by atoms with E-state index in [9.17, 15) is 14.7 Å². The number of carbonyl (C=O) groups excluding carboxylic acids is 2. The molecule has 1 saturated heterocycles. The van der Waals surface area contributed by atoms with Crippen molar-refractivity contribution in [3.8, 4) is 0 Å². The summed E-state index contributed by atoms with van der Waals surface area (Å²) in [5, 5.41) is 11.3. The van der Waals surface area contributed by atoms with Crippen LogP contribution in [-0.2, 0) is 9.59 Å². The molecule has 22 heavy (non-hydrogen) atoms. The third kappa shape index (κ3) is 3.56. The number of amides is 1. The van der Waals surface area contributed by atoms with Crippen molar-refractivity contribution in [3.63, 3.8) is 0 Å². The molecule has 0 bridgehead atoms. The Labute approximate surface area is 139 Å². The molecule has 0 spiro atoms. The summed E-state index contributed by atoms with van der Waals surface area (Å²) in [6.45, 7) is 3.83. The molecule has 0 aliphatic carbocycles.